The number of nitrogens with one attached hydrogen (secondary N) is 1. The van der Waals surface area contributed by atoms with E-state index in [1.165, 1.54) is 45.4 Å². The summed E-state index contributed by atoms with van der Waals surface area (Å²) < 4.78 is 29.1. The van der Waals surface area contributed by atoms with E-state index in [1.807, 2.05) is 6.92 Å². The number of carbonyl (C=O) groups excluding carboxylic acids is 3. The average Bonchev–Trinajstić information content (AvgIpc) is 2.72. The molecule has 0 saturated heterocycles. The van der Waals surface area contributed by atoms with Crippen LogP contribution in [0.2, 0.25) is 0 Å². The highest BCUT2D eigenvalue weighted by Crippen LogP contribution is 2.30. The number of benzene rings is 1. The number of pyridine rings is 1. The van der Waals surface area contributed by atoms with Crippen molar-refractivity contribution in [1.29, 1.82) is 0 Å². The third-order valence-corrected chi connectivity index (χ3v) is 4.98. The molecule has 2 rings (SSSR count). The lowest BCUT2D eigenvalue weighted by molar-refractivity contribution is -0.151. The Labute approximate surface area is 186 Å². The zero-order chi connectivity index (χ0) is 24.0. The molecule has 172 valence electrons. The van der Waals surface area contributed by atoms with Crippen LogP contribution in [-0.4, -0.2) is 42.1 Å². The molecule has 0 aliphatic rings. The molecule has 1 aromatic heterocycles. The summed E-state index contributed by atoms with van der Waals surface area (Å²) >= 11 is 0. The SMILES string of the molecule is COc1ccnc(C(=O)N[C@H](C)C(=O)O[C@H](C)[C@H](C)c2ccc(F)cc2C)c1OC(C)=O. The Morgan fingerprint density at radius 1 is 1.12 bits per heavy atom. The Morgan fingerprint density at radius 2 is 1.81 bits per heavy atom. The Kier molecular flexibility index (Phi) is 8.28. The number of aromatic nitrogens is 1. The number of hydrogen-bond donors (Lipinski definition) is 1. The normalized spacial score (nSPS) is 13.5. The lowest BCUT2D eigenvalue weighted by atomic mass is 9.92. The zero-order valence-corrected chi connectivity index (χ0v) is 18.9. The predicted octanol–water partition coefficient (Wildman–Crippen LogP) is 3.32. The molecule has 1 N–H and O–H groups in total. The first kappa shape index (κ1) is 24.8. The van der Waals surface area contributed by atoms with E-state index < -0.39 is 30.0 Å². The molecule has 0 aliphatic carbocycles. The minimum absolute atomic E-state index is 0.144. The van der Waals surface area contributed by atoms with Gasteiger partial charge in [-0.1, -0.05) is 13.0 Å². The smallest absolute Gasteiger partial charge is 0.328 e. The summed E-state index contributed by atoms with van der Waals surface area (Å²) in [6.07, 6.45) is 0.788. The molecule has 1 aromatic carbocycles. The van der Waals surface area contributed by atoms with E-state index >= 15 is 0 Å². The molecule has 3 atom stereocenters. The quantitative estimate of drug-likeness (QED) is 0.621. The zero-order valence-electron chi connectivity index (χ0n) is 18.9. The van der Waals surface area contributed by atoms with Crippen LogP contribution in [0.5, 0.6) is 11.5 Å². The Hall–Kier alpha value is -3.49. The van der Waals surface area contributed by atoms with Crippen molar-refractivity contribution in [2.45, 2.75) is 52.7 Å². The van der Waals surface area contributed by atoms with Gasteiger partial charge in [-0.2, -0.15) is 0 Å². The summed E-state index contributed by atoms with van der Waals surface area (Å²) in [5, 5.41) is 2.49. The van der Waals surface area contributed by atoms with Crippen molar-refractivity contribution in [1.82, 2.24) is 10.3 Å². The van der Waals surface area contributed by atoms with Gasteiger partial charge in [0.05, 0.1) is 7.11 Å². The number of ether oxygens (including phenoxy) is 3. The van der Waals surface area contributed by atoms with E-state index in [4.69, 9.17) is 14.2 Å². The molecule has 2 aromatic rings. The fourth-order valence-electron chi connectivity index (χ4n) is 3.11. The van der Waals surface area contributed by atoms with E-state index in [2.05, 4.69) is 10.3 Å². The monoisotopic (exact) mass is 446 g/mol. The van der Waals surface area contributed by atoms with Gasteiger partial charge in [0.15, 0.2) is 11.4 Å². The minimum Gasteiger partial charge on any atom is -0.493 e. The number of hydrogen-bond acceptors (Lipinski definition) is 7. The second kappa shape index (κ2) is 10.7. The Morgan fingerprint density at radius 3 is 2.41 bits per heavy atom. The predicted molar refractivity (Wildman–Crippen MR) is 114 cm³/mol. The fraction of sp³-hybridized carbons (Fsp3) is 0.391. The molecule has 32 heavy (non-hydrogen) atoms. The molecule has 1 amide bonds. The number of carbonyl (C=O) groups is 3. The van der Waals surface area contributed by atoms with Gasteiger partial charge >= 0.3 is 11.9 Å². The van der Waals surface area contributed by atoms with Gasteiger partial charge < -0.3 is 19.5 Å². The van der Waals surface area contributed by atoms with Crippen LogP contribution in [0.3, 0.4) is 0 Å². The first-order valence-corrected chi connectivity index (χ1v) is 10.0. The Bertz CT molecular complexity index is 1010. The third kappa shape index (κ3) is 6.03. The van der Waals surface area contributed by atoms with Crippen LogP contribution in [0.25, 0.3) is 0 Å². The second-order valence-corrected chi connectivity index (χ2v) is 7.41. The van der Waals surface area contributed by atoms with Crippen molar-refractivity contribution in [3.63, 3.8) is 0 Å². The van der Waals surface area contributed by atoms with E-state index in [0.29, 0.717) is 0 Å². The van der Waals surface area contributed by atoms with Crippen LogP contribution in [0.1, 0.15) is 55.2 Å². The lowest BCUT2D eigenvalue weighted by Gasteiger charge is -2.24. The highest BCUT2D eigenvalue weighted by Gasteiger charge is 2.27. The average molecular weight is 446 g/mol. The maximum absolute atomic E-state index is 13.4. The molecule has 0 saturated carbocycles. The highest BCUT2D eigenvalue weighted by atomic mass is 19.1. The van der Waals surface area contributed by atoms with Gasteiger partial charge in [-0.25, -0.2) is 14.2 Å². The summed E-state index contributed by atoms with van der Waals surface area (Å²) in [6.45, 7) is 8.02. The van der Waals surface area contributed by atoms with Gasteiger partial charge in [-0.05, 0) is 44.0 Å². The van der Waals surface area contributed by atoms with Crippen LogP contribution in [0, 0.1) is 12.7 Å². The number of halogens is 1. The van der Waals surface area contributed by atoms with Gasteiger partial charge in [0.25, 0.3) is 5.91 Å². The molecule has 9 heteroatoms. The molecule has 1 heterocycles. The molecule has 8 nitrogen and oxygen atoms in total. The van der Waals surface area contributed by atoms with E-state index in [9.17, 15) is 18.8 Å². The van der Waals surface area contributed by atoms with Crippen molar-refractivity contribution >= 4 is 17.8 Å². The maximum Gasteiger partial charge on any atom is 0.328 e. The summed E-state index contributed by atoms with van der Waals surface area (Å²) in [5.74, 6) is -2.58. The van der Waals surface area contributed by atoms with Crippen LogP contribution in [0.15, 0.2) is 30.5 Å². The first-order chi connectivity index (χ1) is 15.0. The summed E-state index contributed by atoms with van der Waals surface area (Å²) in [7, 11) is 1.36. The van der Waals surface area contributed by atoms with Crippen molar-refractivity contribution in [3.8, 4) is 11.5 Å². The van der Waals surface area contributed by atoms with Crippen molar-refractivity contribution in [2.24, 2.45) is 0 Å². The minimum atomic E-state index is -1.01. The lowest BCUT2D eigenvalue weighted by Crippen LogP contribution is -2.41. The number of amides is 1. The van der Waals surface area contributed by atoms with Crippen LogP contribution in [-0.2, 0) is 14.3 Å². The molecule has 0 unspecified atom stereocenters. The van der Waals surface area contributed by atoms with E-state index in [1.54, 1.807) is 19.9 Å². The van der Waals surface area contributed by atoms with Gasteiger partial charge in [-0.15, -0.1) is 0 Å². The molecular formula is C23H27FN2O6. The number of rotatable bonds is 8. The number of aryl methyl sites for hydroxylation is 1. The summed E-state index contributed by atoms with van der Waals surface area (Å²) in [4.78, 5) is 40.6. The summed E-state index contributed by atoms with van der Waals surface area (Å²) in [5.41, 5.74) is 1.40. The van der Waals surface area contributed by atoms with Crippen molar-refractivity contribution < 1.29 is 33.0 Å². The number of methoxy groups -OCH3 is 1. The molecule has 0 fully saturated rings. The molecule has 0 radical (unpaired) electrons. The van der Waals surface area contributed by atoms with Crippen molar-refractivity contribution in [3.05, 3.63) is 53.1 Å². The highest BCUT2D eigenvalue weighted by molar-refractivity contribution is 5.98. The van der Waals surface area contributed by atoms with Gasteiger partial charge in [0, 0.05) is 25.1 Å². The summed E-state index contributed by atoms with van der Waals surface area (Å²) in [6, 6.07) is 4.87. The standard InChI is InChI=1S/C23H27FN2O6/c1-12-11-17(24)7-8-18(12)13(2)15(4)31-23(29)14(3)26-22(28)20-21(32-16(5)27)19(30-6)9-10-25-20/h7-11,13-15H,1-6H3,(H,26,28)/t13-,14+,15+/m0/s1. The topological polar surface area (TPSA) is 104 Å². The van der Waals surface area contributed by atoms with Crippen LogP contribution >= 0.6 is 0 Å². The van der Waals surface area contributed by atoms with E-state index in [-0.39, 0.29) is 28.9 Å². The second-order valence-electron chi connectivity index (χ2n) is 7.41. The van der Waals surface area contributed by atoms with Crippen LogP contribution in [0.4, 0.5) is 4.39 Å². The molecular weight excluding hydrogens is 419 g/mol. The van der Waals surface area contributed by atoms with Gasteiger partial charge in [-0.3, -0.25) is 9.59 Å². The van der Waals surface area contributed by atoms with Gasteiger partial charge in [0.2, 0.25) is 5.75 Å². The fourth-order valence-corrected chi connectivity index (χ4v) is 3.11. The first-order valence-electron chi connectivity index (χ1n) is 10.0. The molecule has 0 aliphatic heterocycles. The van der Waals surface area contributed by atoms with Crippen molar-refractivity contribution in [2.75, 3.05) is 7.11 Å². The third-order valence-electron chi connectivity index (χ3n) is 4.98. The van der Waals surface area contributed by atoms with Crippen LogP contribution < -0.4 is 14.8 Å². The van der Waals surface area contributed by atoms with Gasteiger partial charge in [0.1, 0.15) is 18.0 Å². The molecule has 0 spiro atoms. The number of nitrogens with zero attached hydrogens (tertiary/aromatic N) is 1. The maximum atomic E-state index is 13.4. The Balaban J connectivity index is 2.09. The molecule has 0 bridgehead atoms. The van der Waals surface area contributed by atoms with E-state index in [0.717, 1.165) is 11.1 Å². The number of esters is 2. The largest absolute Gasteiger partial charge is 0.493 e.